The Morgan fingerprint density at radius 2 is 1.65 bits per heavy atom. The van der Waals surface area contributed by atoms with E-state index in [1.165, 1.54) is 18.2 Å². The first-order valence-corrected chi connectivity index (χ1v) is 9.17. The summed E-state index contributed by atoms with van der Waals surface area (Å²) in [6.45, 7) is 0.0304. The largest absolute Gasteiger partial charge is 0.378 e. The van der Waals surface area contributed by atoms with Crippen molar-refractivity contribution in [1.29, 1.82) is 0 Å². The molecule has 0 heterocycles. The summed E-state index contributed by atoms with van der Waals surface area (Å²) in [5, 5.41) is 16.3. The van der Waals surface area contributed by atoms with Crippen LogP contribution in [0.4, 0.5) is 11.4 Å². The lowest BCUT2D eigenvalue weighted by Crippen LogP contribution is -2.38. The summed E-state index contributed by atoms with van der Waals surface area (Å²) in [5.74, 6) is -0.506. The molecule has 0 aliphatic rings. The fourth-order valence-electron chi connectivity index (χ4n) is 2.09. The summed E-state index contributed by atoms with van der Waals surface area (Å²) in [4.78, 5) is 22.2. The van der Waals surface area contributed by atoms with Gasteiger partial charge in [-0.15, -0.1) is 0 Å². The van der Waals surface area contributed by atoms with Crippen molar-refractivity contribution < 1.29 is 18.1 Å². The van der Waals surface area contributed by atoms with Crippen LogP contribution in [0.25, 0.3) is 0 Å². The zero-order valence-electron chi connectivity index (χ0n) is 13.7. The number of nitro benzene ring substituents is 1. The molecule has 0 aliphatic heterocycles. The Hall–Kier alpha value is -2.98. The average molecular weight is 378 g/mol. The van der Waals surface area contributed by atoms with Crippen molar-refractivity contribution in [2.24, 2.45) is 0 Å². The Labute approximate surface area is 150 Å². The first-order chi connectivity index (χ1) is 12.4. The average Bonchev–Trinajstić information content (AvgIpc) is 2.64. The van der Waals surface area contributed by atoms with Gasteiger partial charge >= 0.3 is 0 Å². The summed E-state index contributed by atoms with van der Waals surface area (Å²) < 4.78 is 26.2. The summed E-state index contributed by atoms with van der Waals surface area (Å²) >= 11 is 0. The van der Waals surface area contributed by atoms with Crippen molar-refractivity contribution in [3.05, 3.63) is 64.7 Å². The lowest BCUT2D eigenvalue weighted by Gasteiger charge is -2.09. The summed E-state index contributed by atoms with van der Waals surface area (Å²) in [5.41, 5.74) is 0.283. The molecule has 0 aliphatic carbocycles. The van der Waals surface area contributed by atoms with E-state index in [4.69, 9.17) is 0 Å². The van der Waals surface area contributed by atoms with Crippen LogP contribution < -0.4 is 15.4 Å². The molecule has 0 saturated carbocycles. The molecule has 0 aromatic heterocycles. The quantitative estimate of drug-likeness (QED) is 0.340. The molecule has 138 valence electrons. The van der Waals surface area contributed by atoms with E-state index in [2.05, 4.69) is 15.4 Å². The van der Waals surface area contributed by atoms with Gasteiger partial charge in [-0.05, 0) is 18.2 Å². The van der Waals surface area contributed by atoms with E-state index >= 15 is 0 Å². The number of carbonyl (C=O) groups excluding carboxylic acids is 1. The van der Waals surface area contributed by atoms with Crippen molar-refractivity contribution in [2.75, 3.05) is 25.0 Å². The van der Waals surface area contributed by atoms with Crippen LogP contribution in [0.2, 0.25) is 0 Å². The number of amides is 1. The van der Waals surface area contributed by atoms with E-state index in [1.54, 1.807) is 36.4 Å². The van der Waals surface area contributed by atoms with Gasteiger partial charge in [0.1, 0.15) is 5.69 Å². The van der Waals surface area contributed by atoms with Crippen molar-refractivity contribution in [2.45, 2.75) is 4.90 Å². The lowest BCUT2D eigenvalue weighted by molar-refractivity contribution is -0.384. The monoisotopic (exact) mass is 378 g/mol. The molecule has 0 fully saturated rings. The highest BCUT2D eigenvalue weighted by Gasteiger charge is 2.15. The lowest BCUT2D eigenvalue weighted by atomic mass is 10.2. The highest BCUT2D eigenvalue weighted by Crippen LogP contribution is 2.22. The molecule has 9 nitrogen and oxygen atoms in total. The number of hydrogen-bond acceptors (Lipinski definition) is 6. The molecule has 1 amide bonds. The maximum Gasteiger partial charge on any atom is 0.292 e. The Morgan fingerprint density at radius 1 is 1.00 bits per heavy atom. The van der Waals surface area contributed by atoms with Crippen molar-refractivity contribution in [3.63, 3.8) is 0 Å². The molecule has 2 aromatic rings. The Kier molecular flexibility index (Phi) is 6.64. The smallest absolute Gasteiger partial charge is 0.292 e. The summed E-state index contributed by atoms with van der Waals surface area (Å²) in [6.07, 6.45) is 0. The molecule has 3 N–H and O–H groups in total. The van der Waals surface area contributed by atoms with Crippen LogP contribution in [0.1, 0.15) is 0 Å². The molecular formula is C16H18N4O5S. The van der Waals surface area contributed by atoms with Crippen LogP contribution in [-0.4, -0.2) is 38.9 Å². The molecule has 2 rings (SSSR count). The van der Waals surface area contributed by atoms with Gasteiger partial charge in [0, 0.05) is 19.2 Å². The number of carbonyl (C=O) groups is 1. The minimum absolute atomic E-state index is 0.0607. The predicted octanol–water partition coefficient (Wildman–Crippen LogP) is 1.10. The number of rotatable bonds is 9. The van der Waals surface area contributed by atoms with Gasteiger partial charge < -0.3 is 10.6 Å². The standard InChI is InChI=1S/C16H18N4O5S/c21-16(12-19-26(24,25)13-6-2-1-3-7-13)18-11-10-17-14-8-4-5-9-15(14)20(22)23/h1-9,17,19H,10-12H2,(H,18,21). The number of nitro groups is 1. The normalized spacial score (nSPS) is 10.9. The van der Waals surface area contributed by atoms with E-state index in [0.717, 1.165) is 0 Å². The van der Waals surface area contributed by atoms with E-state index < -0.39 is 27.4 Å². The second-order valence-electron chi connectivity index (χ2n) is 5.19. The maximum absolute atomic E-state index is 12.0. The fourth-order valence-corrected chi connectivity index (χ4v) is 3.09. The molecule has 0 bridgehead atoms. The third-order valence-electron chi connectivity index (χ3n) is 3.34. The van der Waals surface area contributed by atoms with E-state index in [-0.39, 0.29) is 23.7 Å². The minimum atomic E-state index is -3.75. The number of benzene rings is 2. The van der Waals surface area contributed by atoms with E-state index in [9.17, 15) is 23.3 Å². The highest BCUT2D eigenvalue weighted by molar-refractivity contribution is 7.89. The molecular weight excluding hydrogens is 360 g/mol. The zero-order chi connectivity index (χ0) is 19.0. The molecule has 0 atom stereocenters. The number of nitrogens with zero attached hydrogens (tertiary/aromatic N) is 1. The van der Waals surface area contributed by atoms with Crippen molar-refractivity contribution in [1.82, 2.24) is 10.0 Å². The molecule has 26 heavy (non-hydrogen) atoms. The molecule has 0 saturated heterocycles. The molecule has 0 unspecified atom stereocenters. The number of hydrogen-bond donors (Lipinski definition) is 3. The number of sulfonamides is 1. The van der Waals surface area contributed by atoms with Crippen molar-refractivity contribution in [3.8, 4) is 0 Å². The third-order valence-corrected chi connectivity index (χ3v) is 4.76. The number of nitrogens with one attached hydrogen (secondary N) is 3. The van der Waals surface area contributed by atoms with Crippen LogP contribution in [0, 0.1) is 10.1 Å². The first kappa shape index (κ1) is 19.3. The molecule has 0 spiro atoms. The SMILES string of the molecule is O=C(CNS(=O)(=O)c1ccccc1)NCCNc1ccccc1[N+](=O)[O-]. The molecule has 2 aromatic carbocycles. The van der Waals surface area contributed by atoms with Gasteiger partial charge in [0.15, 0.2) is 0 Å². The van der Waals surface area contributed by atoms with Gasteiger partial charge in [-0.2, -0.15) is 0 Å². The van der Waals surface area contributed by atoms with Gasteiger partial charge in [0.2, 0.25) is 15.9 Å². The van der Waals surface area contributed by atoms with Gasteiger partial charge in [-0.3, -0.25) is 14.9 Å². The number of para-hydroxylation sites is 2. The zero-order valence-corrected chi connectivity index (χ0v) is 14.5. The third kappa shape index (κ3) is 5.53. The van der Waals surface area contributed by atoms with Crippen LogP contribution in [0.5, 0.6) is 0 Å². The van der Waals surface area contributed by atoms with E-state index in [1.807, 2.05) is 0 Å². The minimum Gasteiger partial charge on any atom is -0.378 e. The first-order valence-electron chi connectivity index (χ1n) is 7.69. The fraction of sp³-hybridized carbons (Fsp3) is 0.188. The second kappa shape index (κ2) is 8.92. The number of anilines is 1. The van der Waals surface area contributed by atoms with Crippen LogP contribution in [-0.2, 0) is 14.8 Å². The van der Waals surface area contributed by atoms with Gasteiger partial charge in [-0.1, -0.05) is 30.3 Å². The Morgan fingerprint density at radius 3 is 2.35 bits per heavy atom. The topological polar surface area (TPSA) is 130 Å². The van der Waals surface area contributed by atoms with Gasteiger partial charge in [-0.25, -0.2) is 13.1 Å². The van der Waals surface area contributed by atoms with Crippen LogP contribution >= 0.6 is 0 Å². The van der Waals surface area contributed by atoms with Crippen LogP contribution in [0.15, 0.2) is 59.5 Å². The predicted molar refractivity (Wildman–Crippen MR) is 96.2 cm³/mol. The molecule has 10 heteroatoms. The van der Waals surface area contributed by atoms with Crippen LogP contribution in [0.3, 0.4) is 0 Å². The van der Waals surface area contributed by atoms with E-state index in [0.29, 0.717) is 5.69 Å². The summed E-state index contributed by atoms with van der Waals surface area (Å²) in [6, 6.07) is 13.9. The van der Waals surface area contributed by atoms with Gasteiger partial charge in [0.05, 0.1) is 16.4 Å². The van der Waals surface area contributed by atoms with Gasteiger partial charge in [0.25, 0.3) is 5.69 Å². The Balaban J connectivity index is 1.75. The molecule has 0 radical (unpaired) electrons. The van der Waals surface area contributed by atoms with Crippen molar-refractivity contribution >= 4 is 27.3 Å². The second-order valence-corrected chi connectivity index (χ2v) is 6.96. The highest BCUT2D eigenvalue weighted by atomic mass is 32.2. The summed E-state index contributed by atoms with van der Waals surface area (Å²) in [7, 11) is -3.75. The Bertz CT molecular complexity index is 871. The maximum atomic E-state index is 12.0.